The van der Waals surface area contributed by atoms with Crippen LogP contribution in [0.3, 0.4) is 0 Å². The zero-order valence-corrected chi connectivity index (χ0v) is 18.7. The lowest BCUT2D eigenvalue weighted by Crippen LogP contribution is -2.32. The number of anilines is 2. The Morgan fingerprint density at radius 2 is 1.90 bits per heavy atom. The number of benzene rings is 2. The SMILES string of the molecule is CCOC(=O)c1cccc(NC(=O)CCCN(c2cc(Cl)ccc2C)S(C)(=O)=O)c1. The molecule has 0 spiro atoms. The molecule has 0 heterocycles. The van der Waals surface area contributed by atoms with E-state index in [1.54, 1.807) is 50.2 Å². The fourth-order valence-electron chi connectivity index (χ4n) is 2.86. The van der Waals surface area contributed by atoms with Crippen LogP contribution >= 0.6 is 11.6 Å². The van der Waals surface area contributed by atoms with E-state index in [-0.39, 0.29) is 25.5 Å². The highest BCUT2D eigenvalue weighted by Crippen LogP contribution is 2.26. The Bertz CT molecular complexity index is 1020. The van der Waals surface area contributed by atoms with Gasteiger partial charge in [-0.1, -0.05) is 23.7 Å². The highest BCUT2D eigenvalue weighted by atomic mass is 35.5. The number of hydrogen-bond acceptors (Lipinski definition) is 5. The first kappa shape index (κ1) is 23.7. The molecule has 0 radical (unpaired) electrons. The molecular weight excluding hydrogens is 428 g/mol. The van der Waals surface area contributed by atoms with E-state index >= 15 is 0 Å². The number of ether oxygens (including phenoxy) is 1. The lowest BCUT2D eigenvalue weighted by molar-refractivity contribution is -0.116. The molecule has 30 heavy (non-hydrogen) atoms. The van der Waals surface area contributed by atoms with Gasteiger partial charge >= 0.3 is 5.97 Å². The van der Waals surface area contributed by atoms with Gasteiger partial charge in [0.05, 0.1) is 24.1 Å². The number of aryl methyl sites for hydroxylation is 1. The molecule has 7 nitrogen and oxygen atoms in total. The summed E-state index contributed by atoms with van der Waals surface area (Å²) in [4.78, 5) is 24.1. The molecule has 2 aromatic carbocycles. The molecule has 0 aliphatic rings. The predicted octanol–water partition coefficient (Wildman–Crippen LogP) is 4.01. The van der Waals surface area contributed by atoms with Crippen LogP contribution in [0.1, 0.15) is 35.7 Å². The molecule has 1 amide bonds. The molecule has 0 saturated carbocycles. The first-order chi connectivity index (χ1) is 14.1. The van der Waals surface area contributed by atoms with Gasteiger partial charge in [0.15, 0.2) is 0 Å². The monoisotopic (exact) mass is 452 g/mol. The number of nitrogens with zero attached hydrogens (tertiary/aromatic N) is 1. The Balaban J connectivity index is 2.01. The normalized spacial score (nSPS) is 11.1. The number of nitrogens with one attached hydrogen (secondary N) is 1. The summed E-state index contributed by atoms with van der Waals surface area (Å²) in [5, 5.41) is 3.15. The number of esters is 1. The third-order valence-electron chi connectivity index (χ3n) is 4.26. The predicted molar refractivity (Wildman–Crippen MR) is 119 cm³/mol. The Morgan fingerprint density at radius 3 is 2.57 bits per heavy atom. The Kier molecular flexibility index (Phi) is 8.25. The van der Waals surface area contributed by atoms with Crippen molar-refractivity contribution in [1.29, 1.82) is 0 Å². The molecule has 0 saturated heterocycles. The first-order valence-corrected chi connectivity index (χ1v) is 11.7. The molecule has 0 unspecified atom stereocenters. The van der Waals surface area contributed by atoms with E-state index in [0.29, 0.717) is 28.4 Å². The summed E-state index contributed by atoms with van der Waals surface area (Å²) < 4.78 is 30.7. The molecule has 0 fully saturated rings. The van der Waals surface area contributed by atoms with Crippen LogP contribution in [0, 0.1) is 6.92 Å². The lowest BCUT2D eigenvalue weighted by Gasteiger charge is -2.24. The molecule has 0 bridgehead atoms. The average Bonchev–Trinajstić information content (AvgIpc) is 2.67. The zero-order chi connectivity index (χ0) is 22.3. The molecule has 1 N–H and O–H groups in total. The van der Waals surface area contributed by atoms with Crippen molar-refractivity contribution < 1.29 is 22.7 Å². The summed E-state index contributed by atoms with van der Waals surface area (Å²) in [6.07, 6.45) is 1.53. The number of halogens is 1. The van der Waals surface area contributed by atoms with Gasteiger partial charge in [-0.05, 0) is 56.2 Å². The third-order valence-corrected chi connectivity index (χ3v) is 5.68. The third kappa shape index (κ3) is 6.74. The van der Waals surface area contributed by atoms with Crippen molar-refractivity contribution in [3.05, 3.63) is 58.6 Å². The van der Waals surface area contributed by atoms with E-state index in [1.807, 2.05) is 0 Å². The van der Waals surface area contributed by atoms with E-state index in [9.17, 15) is 18.0 Å². The van der Waals surface area contributed by atoms with Crippen molar-refractivity contribution in [3.63, 3.8) is 0 Å². The van der Waals surface area contributed by atoms with Crippen LogP contribution in [-0.4, -0.2) is 39.7 Å². The zero-order valence-electron chi connectivity index (χ0n) is 17.1. The summed E-state index contributed by atoms with van der Waals surface area (Å²) in [5.74, 6) is -0.749. The van der Waals surface area contributed by atoms with E-state index < -0.39 is 16.0 Å². The fourth-order valence-corrected chi connectivity index (χ4v) is 4.04. The van der Waals surface area contributed by atoms with E-state index in [1.165, 1.54) is 10.4 Å². The molecule has 0 aliphatic heterocycles. The van der Waals surface area contributed by atoms with Gasteiger partial charge in [0, 0.05) is 23.7 Å². The van der Waals surface area contributed by atoms with Crippen molar-refractivity contribution in [2.75, 3.05) is 29.0 Å². The molecule has 2 rings (SSSR count). The summed E-state index contributed by atoms with van der Waals surface area (Å²) in [6.45, 7) is 3.91. The standard InChI is InChI=1S/C21H25ClN2O5S/c1-4-29-21(26)16-7-5-8-18(13-16)23-20(25)9-6-12-24(30(3,27)28)19-14-17(22)11-10-15(19)2/h5,7-8,10-11,13-14H,4,6,9,12H2,1-3H3,(H,23,25). The van der Waals surface area contributed by atoms with Crippen LogP contribution in [0.15, 0.2) is 42.5 Å². The van der Waals surface area contributed by atoms with E-state index in [0.717, 1.165) is 11.8 Å². The largest absolute Gasteiger partial charge is 0.462 e. The summed E-state index contributed by atoms with van der Waals surface area (Å²) in [5.41, 5.74) is 2.07. The molecular formula is C21H25ClN2O5S. The van der Waals surface area contributed by atoms with E-state index in [2.05, 4.69) is 5.32 Å². The second-order valence-corrected chi connectivity index (χ2v) is 9.06. The molecule has 0 aliphatic carbocycles. The number of amides is 1. The minimum absolute atomic E-state index is 0.106. The van der Waals surface area contributed by atoms with Crippen LogP contribution in [0.4, 0.5) is 11.4 Å². The smallest absolute Gasteiger partial charge is 0.338 e. The van der Waals surface area contributed by atoms with Crippen molar-refractivity contribution >= 4 is 44.9 Å². The van der Waals surface area contributed by atoms with Gasteiger partial charge in [0.2, 0.25) is 15.9 Å². The quantitative estimate of drug-likeness (QED) is 0.580. The Labute approximate surface area is 182 Å². The van der Waals surface area contributed by atoms with Gasteiger partial charge in [-0.25, -0.2) is 13.2 Å². The highest BCUT2D eigenvalue weighted by Gasteiger charge is 2.20. The number of carbonyl (C=O) groups excluding carboxylic acids is 2. The van der Waals surface area contributed by atoms with Gasteiger partial charge in [-0.2, -0.15) is 0 Å². The van der Waals surface area contributed by atoms with Crippen LogP contribution in [0.2, 0.25) is 5.02 Å². The molecule has 162 valence electrons. The van der Waals surface area contributed by atoms with Gasteiger partial charge < -0.3 is 10.1 Å². The molecule has 9 heteroatoms. The minimum Gasteiger partial charge on any atom is -0.462 e. The number of rotatable bonds is 9. The van der Waals surface area contributed by atoms with Gasteiger partial charge in [-0.15, -0.1) is 0 Å². The lowest BCUT2D eigenvalue weighted by atomic mass is 10.2. The Morgan fingerprint density at radius 1 is 1.17 bits per heavy atom. The van der Waals surface area contributed by atoms with Gasteiger partial charge in [0.1, 0.15) is 0 Å². The van der Waals surface area contributed by atoms with Crippen molar-refractivity contribution in [2.45, 2.75) is 26.7 Å². The first-order valence-electron chi connectivity index (χ1n) is 9.42. The highest BCUT2D eigenvalue weighted by molar-refractivity contribution is 7.92. The second-order valence-electron chi connectivity index (χ2n) is 6.72. The minimum atomic E-state index is -3.54. The average molecular weight is 453 g/mol. The molecule has 2 aromatic rings. The number of carbonyl (C=O) groups is 2. The van der Waals surface area contributed by atoms with Crippen LogP contribution < -0.4 is 9.62 Å². The van der Waals surface area contributed by atoms with Gasteiger partial charge in [-0.3, -0.25) is 9.10 Å². The van der Waals surface area contributed by atoms with Crippen molar-refractivity contribution in [3.8, 4) is 0 Å². The second kappa shape index (κ2) is 10.4. The van der Waals surface area contributed by atoms with E-state index in [4.69, 9.17) is 16.3 Å². The molecule has 0 atom stereocenters. The maximum Gasteiger partial charge on any atom is 0.338 e. The van der Waals surface area contributed by atoms with Crippen molar-refractivity contribution in [2.24, 2.45) is 0 Å². The maximum atomic E-state index is 12.3. The Hall–Kier alpha value is -2.58. The van der Waals surface area contributed by atoms with Crippen LogP contribution in [0.5, 0.6) is 0 Å². The summed E-state index contributed by atoms with van der Waals surface area (Å²) in [7, 11) is -3.54. The maximum absolute atomic E-state index is 12.3. The topological polar surface area (TPSA) is 92.8 Å². The number of sulfonamides is 1. The molecule has 0 aromatic heterocycles. The van der Waals surface area contributed by atoms with Crippen LogP contribution in [0.25, 0.3) is 0 Å². The fraction of sp³-hybridized carbons (Fsp3) is 0.333. The summed E-state index contributed by atoms with van der Waals surface area (Å²) >= 11 is 6.02. The van der Waals surface area contributed by atoms with Gasteiger partial charge in [0.25, 0.3) is 0 Å². The van der Waals surface area contributed by atoms with Crippen LogP contribution in [-0.2, 0) is 19.6 Å². The van der Waals surface area contributed by atoms with Crippen molar-refractivity contribution in [1.82, 2.24) is 0 Å². The summed E-state index contributed by atoms with van der Waals surface area (Å²) in [6, 6.07) is 11.5. The number of hydrogen-bond donors (Lipinski definition) is 1.